The first-order valence-electron chi connectivity index (χ1n) is 8.01. The number of benzene rings is 3. The number of hydrogen-bond acceptors (Lipinski definition) is 4. The van der Waals surface area contributed by atoms with E-state index in [1.54, 1.807) is 36.4 Å². The van der Waals surface area contributed by atoms with E-state index in [-0.39, 0.29) is 21.3 Å². The van der Waals surface area contributed by atoms with E-state index in [2.05, 4.69) is 4.72 Å². The second-order valence-corrected chi connectivity index (χ2v) is 8.54. The van der Waals surface area contributed by atoms with Crippen LogP contribution < -0.4 is 4.72 Å². The molecule has 7 heteroatoms. The summed E-state index contributed by atoms with van der Waals surface area (Å²) in [6.45, 7) is 1.84. The van der Waals surface area contributed by atoms with E-state index < -0.39 is 15.8 Å². The molecule has 1 N–H and O–H groups in total. The Morgan fingerprint density at radius 1 is 0.963 bits per heavy atom. The normalized spacial score (nSPS) is 11.2. The lowest BCUT2D eigenvalue weighted by Gasteiger charge is -2.12. The Bertz CT molecular complexity index is 1070. The molecule has 0 saturated heterocycles. The van der Waals surface area contributed by atoms with Crippen molar-refractivity contribution in [3.05, 3.63) is 89.7 Å². The molecule has 0 aromatic heterocycles. The van der Waals surface area contributed by atoms with Crippen molar-refractivity contribution in [1.29, 1.82) is 0 Å². The molecule has 0 bridgehead atoms. The molecule has 27 heavy (non-hydrogen) atoms. The van der Waals surface area contributed by atoms with Crippen LogP contribution in [0.15, 0.2) is 82.6 Å². The van der Waals surface area contributed by atoms with E-state index in [9.17, 15) is 17.6 Å². The zero-order chi connectivity index (χ0) is 19.4. The maximum Gasteiger partial charge on any atom is 0.261 e. The van der Waals surface area contributed by atoms with Crippen LogP contribution in [0, 0.1) is 12.7 Å². The van der Waals surface area contributed by atoms with Crippen LogP contribution >= 0.6 is 11.8 Å². The summed E-state index contributed by atoms with van der Waals surface area (Å²) in [7, 11) is -3.95. The predicted octanol–water partition coefficient (Wildman–Crippen LogP) is 4.87. The SMILES string of the molecule is Cc1ccc(S(=O)(=O)Nc2cc(F)ccc2C(=O)Sc2ccccc2)cc1. The molecule has 0 aliphatic rings. The van der Waals surface area contributed by atoms with E-state index >= 15 is 0 Å². The number of halogens is 1. The summed E-state index contributed by atoms with van der Waals surface area (Å²) in [5, 5.41) is -0.386. The van der Waals surface area contributed by atoms with E-state index in [4.69, 9.17) is 0 Å². The van der Waals surface area contributed by atoms with E-state index in [1.165, 1.54) is 18.2 Å². The highest BCUT2D eigenvalue weighted by atomic mass is 32.2. The third kappa shape index (κ3) is 4.75. The first kappa shape index (κ1) is 19.1. The van der Waals surface area contributed by atoms with Crippen molar-refractivity contribution in [1.82, 2.24) is 0 Å². The molecule has 0 amide bonds. The quantitative estimate of drug-likeness (QED) is 0.620. The molecule has 3 aromatic rings. The summed E-state index contributed by atoms with van der Waals surface area (Å²) in [6, 6.07) is 18.6. The van der Waals surface area contributed by atoms with Gasteiger partial charge in [0.05, 0.1) is 16.1 Å². The Kier molecular flexibility index (Phi) is 5.62. The molecule has 138 valence electrons. The number of aryl methyl sites for hydroxylation is 1. The van der Waals surface area contributed by atoms with Crippen LogP contribution in [0.2, 0.25) is 0 Å². The standard InChI is InChI=1S/C20H16FNO3S2/c1-14-7-10-17(11-8-14)27(24,25)22-19-13-15(21)9-12-18(19)20(23)26-16-5-3-2-4-6-16/h2-13,22H,1H3. The van der Waals surface area contributed by atoms with Gasteiger partial charge in [0.15, 0.2) is 0 Å². The lowest BCUT2D eigenvalue weighted by atomic mass is 10.2. The molecule has 0 radical (unpaired) electrons. The van der Waals surface area contributed by atoms with Gasteiger partial charge in [-0.3, -0.25) is 9.52 Å². The van der Waals surface area contributed by atoms with E-state index in [1.807, 2.05) is 13.0 Å². The van der Waals surface area contributed by atoms with Gasteiger partial charge < -0.3 is 0 Å². The average molecular weight is 401 g/mol. The van der Waals surface area contributed by atoms with Crippen LogP contribution in [-0.4, -0.2) is 13.5 Å². The van der Waals surface area contributed by atoms with Gasteiger partial charge in [0.2, 0.25) is 5.12 Å². The number of carbonyl (C=O) groups is 1. The fourth-order valence-corrected chi connectivity index (χ4v) is 4.22. The van der Waals surface area contributed by atoms with Crippen LogP contribution in [0.1, 0.15) is 15.9 Å². The minimum Gasteiger partial charge on any atom is -0.281 e. The van der Waals surface area contributed by atoms with Gasteiger partial charge in [-0.1, -0.05) is 35.9 Å². The molecule has 0 unspecified atom stereocenters. The van der Waals surface area contributed by atoms with Crippen molar-refractivity contribution < 1.29 is 17.6 Å². The molecular weight excluding hydrogens is 385 g/mol. The number of sulfonamides is 1. The van der Waals surface area contributed by atoms with Gasteiger partial charge in [-0.05, 0) is 61.2 Å². The van der Waals surface area contributed by atoms with Crippen LogP contribution in [0.25, 0.3) is 0 Å². The van der Waals surface area contributed by atoms with Gasteiger partial charge in [0.25, 0.3) is 10.0 Å². The summed E-state index contributed by atoms with van der Waals surface area (Å²) < 4.78 is 41.3. The number of thioether (sulfide) groups is 1. The fraction of sp³-hybridized carbons (Fsp3) is 0.0500. The Morgan fingerprint density at radius 3 is 2.30 bits per heavy atom. The van der Waals surface area contributed by atoms with Gasteiger partial charge in [-0.25, -0.2) is 12.8 Å². The average Bonchev–Trinajstić information content (AvgIpc) is 2.62. The molecule has 0 spiro atoms. The molecule has 0 saturated carbocycles. The molecule has 3 rings (SSSR count). The van der Waals surface area contributed by atoms with Crippen molar-refractivity contribution in [3.8, 4) is 0 Å². The number of nitrogens with one attached hydrogen (secondary N) is 1. The van der Waals surface area contributed by atoms with Crippen molar-refractivity contribution in [2.75, 3.05) is 4.72 Å². The number of anilines is 1. The monoisotopic (exact) mass is 401 g/mol. The van der Waals surface area contributed by atoms with Gasteiger partial charge in [-0.15, -0.1) is 0 Å². The first-order chi connectivity index (χ1) is 12.8. The van der Waals surface area contributed by atoms with Crippen molar-refractivity contribution in [2.45, 2.75) is 16.7 Å². The van der Waals surface area contributed by atoms with Crippen LogP contribution in [0.4, 0.5) is 10.1 Å². The number of hydrogen-bond donors (Lipinski definition) is 1. The summed E-state index contributed by atoms with van der Waals surface area (Å²) in [5.41, 5.74) is 0.903. The van der Waals surface area contributed by atoms with Gasteiger partial charge in [0, 0.05) is 4.90 Å². The smallest absolute Gasteiger partial charge is 0.261 e. The maximum absolute atomic E-state index is 13.7. The van der Waals surface area contributed by atoms with Crippen molar-refractivity contribution in [2.24, 2.45) is 0 Å². The molecule has 0 atom stereocenters. The van der Waals surface area contributed by atoms with Crippen molar-refractivity contribution in [3.63, 3.8) is 0 Å². The van der Waals surface area contributed by atoms with E-state index in [0.717, 1.165) is 29.5 Å². The highest BCUT2D eigenvalue weighted by molar-refractivity contribution is 8.14. The second kappa shape index (κ2) is 7.94. The van der Waals surface area contributed by atoms with Crippen molar-refractivity contribution >= 4 is 32.6 Å². The van der Waals surface area contributed by atoms with Gasteiger partial charge >= 0.3 is 0 Å². The molecule has 0 heterocycles. The largest absolute Gasteiger partial charge is 0.281 e. The lowest BCUT2D eigenvalue weighted by Crippen LogP contribution is -2.15. The minimum atomic E-state index is -3.95. The second-order valence-electron chi connectivity index (χ2n) is 5.81. The molecule has 4 nitrogen and oxygen atoms in total. The summed E-state index contributed by atoms with van der Waals surface area (Å²) in [6.07, 6.45) is 0. The topological polar surface area (TPSA) is 63.2 Å². The zero-order valence-corrected chi connectivity index (χ0v) is 16.0. The van der Waals surface area contributed by atoms with Crippen LogP contribution in [0.3, 0.4) is 0 Å². The first-order valence-corrected chi connectivity index (χ1v) is 10.3. The maximum atomic E-state index is 13.7. The highest BCUT2D eigenvalue weighted by Crippen LogP contribution is 2.29. The summed E-state index contributed by atoms with van der Waals surface area (Å²) in [4.78, 5) is 13.4. The Morgan fingerprint density at radius 2 is 1.63 bits per heavy atom. The summed E-state index contributed by atoms with van der Waals surface area (Å²) >= 11 is 0.944. The molecule has 0 aliphatic heterocycles. The minimum absolute atomic E-state index is 0.0338. The van der Waals surface area contributed by atoms with Gasteiger partial charge in [0.1, 0.15) is 5.82 Å². The lowest BCUT2D eigenvalue weighted by molar-refractivity contribution is 0.108. The highest BCUT2D eigenvalue weighted by Gasteiger charge is 2.20. The fourth-order valence-electron chi connectivity index (χ4n) is 2.35. The predicted molar refractivity (Wildman–Crippen MR) is 105 cm³/mol. The molecule has 0 aliphatic carbocycles. The van der Waals surface area contributed by atoms with Crippen LogP contribution in [-0.2, 0) is 10.0 Å². The molecule has 0 fully saturated rings. The molecule has 3 aromatic carbocycles. The third-order valence-electron chi connectivity index (χ3n) is 3.73. The van der Waals surface area contributed by atoms with Gasteiger partial charge in [-0.2, -0.15) is 0 Å². The van der Waals surface area contributed by atoms with E-state index in [0.29, 0.717) is 4.90 Å². The molecular formula is C20H16FNO3S2. The zero-order valence-electron chi connectivity index (χ0n) is 14.3. The Hall–Kier alpha value is -2.64. The number of carbonyl (C=O) groups excluding carboxylic acids is 1. The number of rotatable bonds is 5. The summed E-state index contributed by atoms with van der Waals surface area (Å²) in [5.74, 6) is -0.641. The third-order valence-corrected chi connectivity index (χ3v) is 6.03. The van der Waals surface area contributed by atoms with Crippen LogP contribution in [0.5, 0.6) is 0 Å². The Labute approximate surface area is 161 Å². The Balaban J connectivity index is 1.92.